The summed E-state index contributed by atoms with van der Waals surface area (Å²) in [4.78, 5) is 7.30. The second-order valence-electron chi connectivity index (χ2n) is 8.07. The molecule has 2 fully saturated rings. The van der Waals surface area contributed by atoms with Crippen molar-refractivity contribution in [2.45, 2.75) is 32.6 Å². The summed E-state index contributed by atoms with van der Waals surface area (Å²) in [5.74, 6) is 2.22. The van der Waals surface area contributed by atoms with Gasteiger partial charge < -0.3 is 25.0 Å². The predicted molar refractivity (Wildman–Crippen MR) is 120 cm³/mol. The highest BCUT2D eigenvalue weighted by atomic mass is 16.5. The highest BCUT2D eigenvalue weighted by Crippen LogP contribution is 2.23. The Morgan fingerprint density at radius 1 is 1.14 bits per heavy atom. The maximum atomic E-state index is 5.85. The fraction of sp³-hybridized carbons (Fsp3) is 0.696. The minimum absolute atomic E-state index is 0.619. The van der Waals surface area contributed by atoms with E-state index in [2.05, 4.69) is 52.8 Å². The Morgan fingerprint density at radius 3 is 2.76 bits per heavy atom. The number of rotatable bonds is 10. The summed E-state index contributed by atoms with van der Waals surface area (Å²) in [7, 11) is 0. The molecule has 6 heteroatoms. The van der Waals surface area contributed by atoms with Crippen LogP contribution in [0.5, 0.6) is 0 Å². The van der Waals surface area contributed by atoms with Gasteiger partial charge >= 0.3 is 0 Å². The Bertz CT molecular complexity index is 590. The molecule has 2 aliphatic rings. The Morgan fingerprint density at radius 2 is 1.97 bits per heavy atom. The number of hydrogen-bond acceptors (Lipinski definition) is 4. The summed E-state index contributed by atoms with van der Waals surface area (Å²) in [6.45, 7) is 10.4. The zero-order chi connectivity index (χ0) is 20.2. The van der Waals surface area contributed by atoms with Crippen molar-refractivity contribution in [3.8, 4) is 0 Å². The van der Waals surface area contributed by atoms with Gasteiger partial charge in [-0.1, -0.05) is 18.2 Å². The fourth-order valence-corrected chi connectivity index (χ4v) is 3.96. The number of nitrogens with zero attached hydrogens (tertiary/aromatic N) is 2. The largest absolute Gasteiger partial charge is 0.381 e. The lowest BCUT2D eigenvalue weighted by atomic mass is 10.0. The van der Waals surface area contributed by atoms with E-state index < -0.39 is 0 Å². The van der Waals surface area contributed by atoms with Gasteiger partial charge in [-0.25, -0.2) is 0 Å². The lowest BCUT2D eigenvalue weighted by Gasteiger charge is -2.21. The van der Waals surface area contributed by atoms with E-state index in [1.807, 2.05) is 0 Å². The number of benzene rings is 1. The van der Waals surface area contributed by atoms with Crippen LogP contribution in [0, 0.1) is 11.8 Å². The standard InChI is InChI=1S/C23H38N4O2/c1-2-24-23(25-12-6-14-29-19-20-10-15-28-16-11-20)26-17-21-9-13-27(18-21)22-7-4-3-5-8-22/h3-5,7-8,20-21H,2,6,9-19H2,1H3,(H2,24,25,26). The average molecular weight is 403 g/mol. The molecule has 0 bridgehead atoms. The lowest BCUT2D eigenvalue weighted by Crippen LogP contribution is -2.38. The molecule has 2 saturated heterocycles. The second kappa shape index (κ2) is 12.7. The molecule has 29 heavy (non-hydrogen) atoms. The summed E-state index contributed by atoms with van der Waals surface area (Å²) < 4.78 is 11.2. The van der Waals surface area contributed by atoms with Crippen LogP contribution in [-0.4, -0.2) is 65.1 Å². The van der Waals surface area contributed by atoms with Crippen LogP contribution >= 0.6 is 0 Å². The van der Waals surface area contributed by atoms with Gasteiger partial charge in [-0.3, -0.25) is 4.99 Å². The minimum Gasteiger partial charge on any atom is -0.381 e. The number of nitrogens with one attached hydrogen (secondary N) is 2. The first-order chi connectivity index (χ1) is 14.3. The first-order valence-electron chi connectivity index (χ1n) is 11.3. The Labute approximate surface area is 176 Å². The van der Waals surface area contributed by atoms with E-state index in [-0.39, 0.29) is 0 Å². The van der Waals surface area contributed by atoms with Gasteiger partial charge in [0.05, 0.1) is 0 Å². The van der Waals surface area contributed by atoms with Crippen molar-refractivity contribution < 1.29 is 9.47 Å². The molecule has 0 amide bonds. The summed E-state index contributed by atoms with van der Waals surface area (Å²) in [5.41, 5.74) is 1.32. The van der Waals surface area contributed by atoms with Crippen LogP contribution < -0.4 is 15.5 Å². The molecule has 1 aromatic rings. The van der Waals surface area contributed by atoms with Gasteiger partial charge in [0, 0.05) is 64.8 Å². The molecule has 162 valence electrons. The van der Waals surface area contributed by atoms with E-state index in [1.165, 1.54) is 12.1 Å². The molecule has 2 N–H and O–H groups in total. The van der Waals surface area contributed by atoms with E-state index >= 15 is 0 Å². The van der Waals surface area contributed by atoms with Crippen LogP contribution in [0.25, 0.3) is 0 Å². The number of anilines is 1. The molecule has 0 saturated carbocycles. The third-order valence-corrected chi connectivity index (χ3v) is 5.71. The molecule has 0 spiro atoms. The number of hydrogen-bond donors (Lipinski definition) is 2. The molecule has 0 radical (unpaired) electrons. The lowest BCUT2D eigenvalue weighted by molar-refractivity contribution is 0.0203. The van der Waals surface area contributed by atoms with E-state index in [0.717, 1.165) is 84.4 Å². The van der Waals surface area contributed by atoms with Gasteiger partial charge in [-0.05, 0) is 56.6 Å². The molecular formula is C23H38N4O2. The molecule has 2 aliphatic heterocycles. The molecular weight excluding hydrogens is 364 g/mol. The SMILES string of the molecule is CCNC(=NCC1CCN(c2ccccc2)C1)NCCCOCC1CCOCC1. The van der Waals surface area contributed by atoms with Crippen LogP contribution in [0.1, 0.15) is 32.6 Å². The maximum Gasteiger partial charge on any atom is 0.191 e. The summed E-state index contributed by atoms with van der Waals surface area (Å²) in [6, 6.07) is 10.7. The average Bonchev–Trinajstić information content (AvgIpc) is 3.25. The Balaban J connectivity index is 1.31. The van der Waals surface area contributed by atoms with Crippen LogP contribution in [0.15, 0.2) is 35.3 Å². The van der Waals surface area contributed by atoms with Crippen molar-refractivity contribution in [3.05, 3.63) is 30.3 Å². The first kappa shape index (κ1) is 21.9. The van der Waals surface area contributed by atoms with Crippen molar-refractivity contribution >= 4 is 11.6 Å². The zero-order valence-corrected chi connectivity index (χ0v) is 17.9. The third kappa shape index (κ3) is 7.86. The highest BCUT2D eigenvalue weighted by molar-refractivity contribution is 5.79. The molecule has 3 rings (SSSR count). The molecule has 1 unspecified atom stereocenters. The smallest absolute Gasteiger partial charge is 0.191 e. The number of para-hydroxylation sites is 1. The van der Waals surface area contributed by atoms with Crippen molar-refractivity contribution in [2.75, 3.05) is 64.1 Å². The Hall–Kier alpha value is -1.79. The molecule has 0 aliphatic carbocycles. The van der Waals surface area contributed by atoms with Gasteiger partial charge in [0.1, 0.15) is 0 Å². The van der Waals surface area contributed by atoms with E-state index in [1.54, 1.807) is 0 Å². The summed E-state index contributed by atoms with van der Waals surface area (Å²) in [6.07, 6.45) is 4.48. The first-order valence-corrected chi connectivity index (χ1v) is 11.3. The van der Waals surface area contributed by atoms with E-state index in [9.17, 15) is 0 Å². The summed E-state index contributed by atoms with van der Waals surface area (Å²) in [5, 5.41) is 6.81. The molecule has 0 aromatic heterocycles. The van der Waals surface area contributed by atoms with Gasteiger partial charge in [-0.15, -0.1) is 0 Å². The zero-order valence-electron chi connectivity index (χ0n) is 17.9. The van der Waals surface area contributed by atoms with Crippen molar-refractivity contribution in [2.24, 2.45) is 16.8 Å². The minimum atomic E-state index is 0.619. The van der Waals surface area contributed by atoms with Gasteiger partial charge in [0.2, 0.25) is 0 Å². The monoisotopic (exact) mass is 402 g/mol. The van der Waals surface area contributed by atoms with Crippen LogP contribution in [0.4, 0.5) is 5.69 Å². The maximum absolute atomic E-state index is 5.85. The van der Waals surface area contributed by atoms with Crippen molar-refractivity contribution in [1.82, 2.24) is 10.6 Å². The Kier molecular flexibility index (Phi) is 9.60. The predicted octanol–water partition coefficient (Wildman–Crippen LogP) is 2.90. The van der Waals surface area contributed by atoms with Crippen LogP contribution in [0.2, 0.25) is 0 Å². The second-order valence-corrected chi connectivity index (χ2v) is 8.07. The molecule has 1 atom stereocenters. The molecule has 2 heterocycles. The van der Waals surface area contributed by atoms with Gasteiger partial charge in [-0.2, -0.15) is 0 Å². The van der Waals surface area contributed by atoms with Crippen LogP contribution in [0.3, 0.4) is 0 Å². The fourth-order valence-electron chi connectivity index (χ4n) is 3.96. The topological polar surface area (TPSA) is 58.1 Å². The summed E-state index contributed by atoms with van der Waals surface area (Å²) >= 11 is 0. The van der Waals surface area contributed by atoms with Gasteiger partial charge in [0.25, 0.3) is 0 Å². The molecule has 1 aromatic carbocycles. The van der Waals surface area contributed by atoms with Crippen molar-refractivity contribution in [1.29, 1.82) is 0 Å². The molecule has 6 nitrogen and oxygen atoms in total. The van der Waals surface area contributed by atoms with E-state index in [0.29, 0.717) is 11.8 Å². The van der Waals surface area contributed by atoms with Crippen molar-refractivity contribution in [3.63, 3.8) is 0 Å². The van der Waals surface area contributed by atoms with Crippen LogP contribution in [-0.2, 0) is 9.47 Å². The highest BCUT2D eigenvalue weighted by Gasteiger charge is 2.22. The van der Waals surface area contributed by atoms with Gasteiger partial charge in [0.15, 0.2) is 5.96 Å². The quantitative estimate of drug-likeness (QED) is 0.358. The van der Waals surface area contributed by atoms with E-state index in [4.69, 9.17) is 14.5 Å². The number of guanidine groups is 1. The normalized spacial score (nSPS) is 20.8. The third-order valence-electron chi connectivity index (χ3n) is 5.71. The number of ether oxygens (including phenoxy) is 2. The number of aliphatic imine (C=N–C) groups is 1.